The molecule has 1 aromatic rings. The van der Waals surface area contributed by atoms with Crippen molar-refractivity contribution < 1.29 is 0 Å². The van der Waals surface area contributed by atoms with Gasteiger partial charge in [0.05, 0.1) is 0 Å². The number of nitrogens with one attached hydrogen (secondary N) is 1. The number of piperidine rings is 1. The van der Waals surface area contributed by atoms with Crippen LogP contribution in [-0.4, -0.2) is 27.9 Å². The highest BCUT2D eigenvalue weighted by Crippen LogP contribution is 2.34. The van der Waals surface area contributed by atoms with Gasteiger partial charge < -0.3 is 9.88 Å². The van der Waals surface area contributed by atoms with Crippen molar-refractivity contribution in [3.8, 4) is 0 Å². The largest absolute Gasteiger partial charge is 0.317 e. The molecule has 1 saturated carbocycles. The van der Waals surface area contributed by atoms with Crippen molar-refractivity contribution >= 4 is 0 Å². The van der Waals surface area contributed by atoms with E-state index in [1.54, 1.807) is 0 Å². The predicted octanol–water partition coefficient (Wildman–Crippen LogP) is 2.56. The molecule has 2 aliphatic rings. The molecule has 2 fully saturated rings. The van der Waals surface area contributed by atoms with Gasteiger partial charge in [-0.15, -0.1) is 10.2 Å². The highest BCUT2D eigenvalue weighted by molar-refractivity contribution is 5.05. The molecule has 0 spiro atoms. The molecule has 3 rings (SSSR count). The second-order valence-electron chi connectivity index (χ2n) is 5.79. The Labute approximate surface area is 109 Å². The summed E-state index contributed by atoms with van der Waals surface area (Å²) < 4.78 is 2.46. The Morgan fingerprint density at radius 1 is 1.00 bits per heavy atom. The molecule has 4 nitrogen and oxygen atoms in total. The molecule has 18 heavy (non-hydrogen) atoms. The Kier molecular flexibility index (Phi) is 3.64. The van der Waals surface area contributed by atoms with Gasteiger partial charge >= 0.3 is 0 Å². The Bertz CT molecular complexity index is 386. The van der Waals surface area contributed by atoms with E-state index in [0.29, 0.717) is 12.0 Å². The summed E-state index contributed by atoms with van der Waals surface area (Å²) in [6.45, 7) is 4.38. The summed E-state index contributed by atoms with van der Waals surface area (Å²) in [5, 5.41) is 12.3. The molecule has 100 valence electrons. The van der Waals surface area contributed by atoms with Gasteiger partial charge in [-0.3, -0.25) is 0 Å². The Balaban J connectivity index is 1.85. The quantitative estimate of drug-likeness (QED) is 0.874. The van der Waals surface area contributed by atoms with E-state index in [9.17, 15) is 0 Å². The summed E-state index contributed by atoms with van der Waals surface area (Å²) in [6, 6.07) is 0.623. The third-order valence-electron chi connectivity index (χ3n) is 4.54. The average molecular weight is 248 g/mol. The van der Waals surface area contributed by atoms with Gasteiger partial charge in [-0.25, -0.2) is 0 Å². The molecule has 0 radical (unpaired) electrons. The molecule has 0 amide bonds. The molecule has 4 heteroatoms. The zero-order chi connectivity index (χ0) is 12.4. The van der Waals surface area contributed by atoms with Crippen LogP contribution in [0.3, 0.4) is 0 Å². The Hall–Kier alpha value is -0.900. The summed E-state index contributed by atoms with van der Waals surface area (Å²) in [7, 11) is 0. The molecule has 1 saturated heterocycles. The fraction of sp³-hybridized carbons (Fsp3) is 0.857. The lowest BCUT2D eigenvalue weighted by Gasteiger charge is -2.29. The summed E-state index contributed by atoms with van der Waals surface area (Å²) >= 11 is 0. The third kappa shape index (κ3) is 2.30. The SMILES string of the molecule is Cc1nnc(C2CCCCC2)n1C1CCNCC1. The van der Waals surface area contributed by atoms with E-state index < -0.39 is 0 Å². The molecule has 1 aliphatic carbocycles. The molecule has 0 unspecified atom stereocenters. The van der Waals surface area contributed by atoms with Gasteiger partial charge in [-0.1, -0.05) is 19.3 Å². The summed E-state index contributed by atoms with van der Waals surface area (Å²) in [5.41, 5.74) is 0. The minimum absolute atomic E-state index is 0.623. The van der Waals surface area contributed by atoms with Gasteiger partial charge in [-0.05, 0) is 45.7 Å². The lowest BCUT2D eigenvalue weighted by molar-refractivity contribution is 0.334. The number of aromatic nitrogens is 3. The van der Waals surface area contributed by atoms with Crippen molar-refractivity contribution in [2.75, 3.05) is 13.1 Å². The van der Waals surface area contributed by atoms with Crippen LogP contribution in [0.25, 0.3) is 0 Å². The average Bonchev–Trinajstić information content (AvgIpc) is 2.83. The smallest absolute Gasteiger partial charge is 0.136 e. The van der Waals surface area contributed by atoms with Crippen molar-refractivity contribution in [2.24, 2.45) is 0 Å². The minimum atomic E-state index is 0.623. The standard InChI is InChI=1S/C14H24N4/c1-11-16-17-14(12-5-3-2-4-6-12)18(11)13-7-9-15-10-8-13/h12-13,15H,2-10H2,1H3. The first-order valence-corrected chi connectivity index (χ1v) is 7.48. The van der Waals surface area contributed by atoms with Gasteiger partial charge in [0.25, 0.3) is 0 Å². The predicted molar refractivity (Wildman–Crippen MR) is 71.7 cm³/mol. The molecular weight excluding hydrogens is 224 g/mol. The Morgan fingerprint density at radius 2 is 1.72 bits per heavy atom. The monoisotopic (exact) mass is 248 g/mol. The van der Waals surface area contributed by atoms with E-state index in [-0.39, 0.29) is 0 Å². The Morgan fingerprint density at radius 3 is 2.44 bits per heavy atom. The molecule has 0 bridgehead atoms. The van der Waals surface area contributed by atoms with E-state index in [1.165, 1.54) is 50.8 Å². The lowest BCUT2D eigenvalue weighted by atomic mass is 9.88. The van der Waals surface area contributed by atoms with Crippen LogP contribution in [0.5, 0.6) is 0 Å². The van der Waals surface area contributed by atoms with Crippen LogP contribution >= 0.6 is 0 Å². The van der Waals surface area contributed by atoms with Gasteiger partial charge in [0.1, 0.15) is 11.6 Å². The van der Waals surface area contributed by atoms with Crippen LogP contribution < -0.4 is 5.32 Å². The summed E-state index contributed by atoms with van der Waals surface area (Å²) in [5.74, 6) is 3.05. The number of nitrogens with zero attached hydrogens (tertiary/aromatic N) is 3. The maximum absolute atomic E-state index is 4.51. The first-order valence-electron chi connectivity index (χ1n) is 7.48. The molecule has 2 heterocycles. The second kappa shape index (κ2) is 5.39. The molecule has 1 aliphatic heterocycles. The van der Waals surface area contributed by atoms with Crippen molar-refractivity contribution in [2.45, 2.75) is 63.8 Å². The number of hydrogen-bond donors (Lipinski definition) is 1. The van der Waals surface area contributed by atoms with E-state index in [4.69, 9.17) is 0 Å². The van der Waals surface area contributed by atoms with Gasteiger partial charge in [-0.2, -0.15) is 0 Å². The minimum Gasteiger partial charge on any atom is -0.317 e. The maximum Gasteiger partial charge on any atom is 0.136 e. The molecule has 0 atom stereocenters. The van der Waals surface area contributed by atoms with E-state index >= 15 is 0 Å². The van der Waals surface area contributed by atoms with Crippen LogP contribution in [0.4, 0.5) is 0 Å². The summed E-state index contributed by atoms with van der Waals surface area (Å²) in [6.07, 6.45) is 9.19. The van der Waals surface area contributed by atoms with Crippen LogP contribution in [0.15, 0.2) is 0 Å². The fourth-order valence-corrected chi connectivity index (χ4v) is 3.54. The van der Waals surface area contributed by atoms with Crippen molar-refractivity contribution in [3.63, 3.8) is 0 Å². The van der Waals surface area contributed by atoms with Gasteiger partial charge in [0, 0.05) is 12.0 Å². The highest BCUT2D eigenvalue weighted by Gasteiger charge is 2.26. The van der Waals surface area contributed by atoms with E-state index in [1.807, 2.05) is 0 Å². The first-order chi connectivity index (χ1) is 8.86. The zero-order valence-electron chi connectivity index (χ0n) is 11.4. The molecular formula is C14H24N4. The summed E-state index contributed by atoms with van der Waals surface area (Å²) in [4.78, 5) is 0. The van der Waals surface area contributed by atoms with Crippen LogP contribution in [0.2, 0.25) is 0 Å². The number of aryl methyl sites for hydroxylation is 1. The molecule has 0 aromatic carbocycles. The normalized spacial score (nSPS) is 23.4. The van der Waals surface area contributed by atoms with E-state index in [2.05, 4.69) is 27.0 Å². The maximum atomic E-state index is 4.51. The van der Waals surface area contributed by atoms with Crippen LogP contribution in [0, 0.1) is 6.92 Å². The number of hydrogen-bond acceptors (Lipinski definition) is 3. The van der Waals surface area contributed by atoms with Gasteiger partial charge in [0.2, 0.25) is 0 Å². The van der Waals surface area contributed by atoms with Crippen molar-refractivity contribution in [1.29, 1.82) is 0 Å². The fourth-order valence-electron chi connectivity index (χ4n) is 3.54. The lowest BCUT2D eigenvalue weighted by Crippen LogP contribution is -2.31. The zero-order valence-corrected chi connectivity index (χ0v) is 11.4. The second-order valence-corrected chi connectivity index (χ2v) is 5.79. The topological polar surface area (TPSA) is 42.7 Å². The molecule has 1 aromatic heterocycles. The first kappa shape index (κ1) is 12.2. The highest BCUT2D eigenvalue weighted by atomic mass is 15.3. The van der Waals surface area contributed by atoms with Crippen molar-refractivity contribution in [3.05, 3.63) is 11.6 Å². The van der Waals surface area contributed by atoms with Crippen LogP contribution in [0.1, 0.15) is 68.6 Å². The van der Waals surface area contributed by atoms with Crippen LogP contribution in [-0.2, 0) is 0 Å². The molecule has 1 N–H and O–H groups in total. The van der Waals surface area contributed by atoms with Gasteiger partial charge in [0.15, 0.2) is 0 Å². The van der Waals surface area contributed by atoms with E-state index in [0.717, 1.165) is 18.9 Å². The van der Waals surface area contributed by atoms with Crippen molar-refractivity contribution in [1.82, 2.24) is 20.1 Å². The third-order valence-corrected chi connectivity index (χ3v) is 4.54. The number of rotatable bonds is 2.